The van der Waals surface area contributed by atoms with Gasteiger partial charge in [0.25, 0.3) is 5.56 Å². The third-order valence-electron chi connectivity index (χ3n) is 7.23. The number of furan rings is 1. The molecule has 3 aliphatic carbocycles. The number of carbonyl (C=O) groups excluding carboxylic acids is 1. The van der Waals surface area contributed by atoms with Crippen LogP contribution >= 0.6 is 15.9 Å². The molecular weight excluding hydrogens is 448 g/mol. The monoisotopic (exact) mass is 476 g/mol. The van der Waals surface area contributed by atoms with E-state index in [1.165, 1.54) is 11.1 Å². The first-order valence-corrected chi connectivity index (χ1v) is 11.3. The van der Waals surface area contributed by atoms with Crippen LogP contribution in [0.25, 0.3) is 0 Å². The zero-order valence-corrected chi connectivity index (χ0v) is 19.5. The van der Waals surface area contributed by atoms with Gasteiger partial charge in [0.1, 0.15) is 22.5 Å². The standard InChI is InChI=1S/C22H29BrN4O3/c1-12-5-6-15(30-12)9-24-19(28)11-27-21(29)20(23)18(10-25-27)26-17-8-14-7-16(13(17)2)22(14,3)4/h5-6,10,13-14,16-17,26H,7-9,11H2,1-4H3,(H,24,28)/t13-,14+,16-,17-/m1/s1. The highest BCUT2D eigenvalue weighted by Crippen LogP contribution is 2.61. The van der Waals surface area contributed by atoms with Crippen LogP contribution in [0.4, 0.5) is 5.69 Å². The summed E-state index contributed by atoms with van der Waals surface area (Å²) < 4.78 is 7.02. The van der Waals surface area contributed by atoms with Gasteiger partial charge in [0.15, 0.2) is 0 Å². The molecule has 1 amide bonds. The Morgan fingerprint density at radius 3 is 2.77 bits per heavy atom. The van der Waals surface area contributed by atoms with Crippen molar-refractivity contribution in [1.29, 1.82) is 0 Å². The van der Waals surface area contributed by atoms with Gasteiger partial charge in [-0.15, -0.1) is 0 Å². The Morgan fingerprint density at radius 2 is 2.13 bits per heavy atom. The number of fused-ring (bicyclic) bond motifs is 2. The summed E-state index contributed by atoms with van der Waals surface area (Å²) in [4.78, 5) is 24.9. The van der Waals surface area contributed by atoms with E-state index in [0.717, 1.165) is 18.1 Å². The molecule has 2 heterocycles. The molecule has 2 aromatic heterocycles. The van der Waals surface area contributed by atoms with Crippen molar-refractivity contribution < 1.29 is 9.21 Å². The number of hydrogen-bond acceptors (Lipinski definition) is 5. The lowest BCUT2D eigenvalue weighted by molar-refractivity contribution is -0.122. The molecule has 2 aromatic rings. The third-order valence-corrected chi connectivity index (χ3v) is 8.00. The molecule has 0 saturated heterocycles. The van der Waals surface area contributed by atoms with Gasteiger partial charge in [-0.2, -0.15) is 5.10 Å². The lowest BCUT2D eigenvalue weighted by Gasteiger charge is -2.62. The van der Waals surface area contributed by atoms with Crippen LogP contribution in [0.5, 0.6) is 0 Å². The molecule has 2 N–H and O–H groups in total. The summed E-state index contributed by atoms with van der Waals surface area (Å²) in [7, 11) is 0. The number of anilines is 1. The second kappa shape index (κ2) is 7.87. The van der Waals surface area contributed by atoms with Crippen LogP contribution in [0, 0.1) is 30.1 Å². The molecule has 3 aliphatic rings. The number of hydrogen-bond donors (Lipinski definition) is 2. The van der Waals surface area contributed by atoms with Crippen molar-refractivity contribution in [2.75, 3.05) is 5.32 Å². The Labute approximate surface area is 184 Å². The van der Waals surface area contributed by atoms with Crippen LogP contribution in [0.2, 0.25) is 0 Å². The minimum atomic E-state index is -0.321. The minimum Gasteiger partial charge on any atom is -0.465 e. The molecule has 0 unspecified atom stereocenters. The van der Waals surface area contributed by atoms with Crippen LogP contribution in [0.15, 0.2) is 32.0 Å². The Bertz CT molecular complexity index is 1010. The molecule has 7 nitrogen and oxygen atoms in total. The molecule has 0 radical (unpaired) electrons. The zero-order chi connectivity index (χ0) is 21.6. The maximum absolute atomic E-state index is 12.7. The van der Waals surface area contributed by atoms with E-state index >= 15 is 0 Å². The first-order chi connectivity index (χ1) is 14.2. The van der Waals surface area contributed by atoms with Crippen molar-refractivity contribution in [1.82, 2.24) is 15.1 Å². The Kier molecular flexibility index (Phi) is 5.55. The second-order valence-corrected chi connectivity index (χ2v) is 10.1. The van der Waals surface area contributed by atoms with Gasteiger partial charge in [-0.3, -0.25) is 9.59 Å². The average molecular weight is 477 g/mol. The topological polar surface area (TPSA) is 89.2 Å². The molecule has 0 aromatic carbocycles. The third kappa shape index (κ3) is 3.82. The van der Waals surface area contributed by atoms with Crippen LogP contribution in [0.1, 0.15) is 45.1 Å². The molecule has 4 atom stereocenters. The van der Waals surface area contributed by atoms with Gasteiger partial charge in [-0.1, -0.05) is 20.8 Å². The summed E-state index contributed by atoms with van der Waals surface area (Å²) in [5, 5.41) is 10.5. The quantitative estimate of drug-likeness (QED) is 0.663. The largest absolute Gasteiger partial charge is 0.465 e. The highest BCUT2D eigenvalue weighted by molar-refractivity contribution is 9.10. The Morgan fingerprint density at radius 1 is 1.37 bits per heavy atom. The summed E-state index contributed by atoms with van der Waals surface area (Å²) >= 11 is 3.41. The van der Waals surface area contributed by atoms with E-state index in [1.807, 2.05) is 19.1 Å². The average Bonchev–Trinajstić information content (AvgIpc) is 3.12. The number of aromatic nitrogens is 2. The van der Waals surface area contributed by atoms with Crippen LogP contribution in [0.3, 0.4) is 0 Å². The number of rotatable bonds is 6. The Hall–Kier alpha value is -2.09. The lowest BCUT2D eigenvalue weighted by atomic mass is 9.45. The SMILES string of the molecule is Cc1ccc(CNC(=O)Cn2ncc(N[C@@H]3C[C@@H]4C[C@H]([C@H]3C)C4(C)C)c(Br)c2=O)o1. The highest BCUT2D eigenvalue weighted by Gasteiger charge is 2.56. The maximum atomic E-state index is 12.7. The number of aryl methyl sites for hydroxylation is 1. The minimum absolute atomic E-state index is 0.143. The van der Waals surface area contributed by atoms with Gasteiger partial charge >= 0.3 is 0 Å². The molecule has 30 heavy (non-hydrogen) atoms. The van der Waals surface area contributed by atoms with Gasteiger partial charge < -0.3 is 15.1 Å². The Balaban J connectivity index is 1.39. The van der Waals surface area contributed by atoms with E-state index in [2.05, 4.69) is 52.4 Å². The zero-order valence-electron chi connectivity index (χ0n) is 17.9. The number of nitrogens with one attached hydrogen (secondary N) is 2. The van der Waals surface area contributed by atoms with E-state index in [1.54, 1.807) is 6.20 Å². The second-order valence-electron chi connectivity index (χ2n) is 9.33. The van der Waals surface area contributed by atoms with Gasteiger partial charge in [-0.05, 0) is 71.0 Å². The summed E-state index contributed by atoms with van der Waals surface area (Å²) in [5.74, 6) is 3.14. The van der Waals surface area contributed by atoms with Crippen LogP contribution in [-0.2, 0) is 17.9 Å². The van der Waals surface area contributed by atoms with Crippen molar-refractivity contribution in [2.24, 2.45) is 23.2 Å². The number of amides is 1. The van der Waals surface area contributed by atoms with Gasteiger partial charge in [-0.25, -0.2) is 4.68 Å². The fraction of sp³-hybridized carbons (Fsp3) is 0.591. The first kappa shape index (κ1) is 21.2. The van der Waals surface area contributed by atoms with Crippen molar-refractivity contribution in [3.63, 3.8) is 0 Å². The lowest BCUT2D eigenvalue weighted by Crippen LogP contribution is -2.58. The molecule has 3 fully saturated rings. The van der Waals surface area contributed by atoms with Crippen molar-refractivity contribution in [3.8, 4) is 0 Å². The van der Waals surface area contributed by atoms with Crippen molar-refractivity contribution in [3.05, 3.63) is 44.7 Å². The summed E-state index contributed by atoms with van der Waals surface area (Å²) in [6.07, 6.45) is 4.04. The molecule has 3 saturated carbocycles. The van der Waals surface area contributed by atoms with E-state index in [4.69, 9.17) is 4.42 Å². The molecule has 2 bridgehead atoms. The predicted octanol–water partition coefficient (Wildman–Crippen LogP) is 3.71. The fourth-order valence-corrected chi connectivity index (χ4v) is 5.60. The van der Waals surface area contributed by atoms with E-state index in [0.29, 0.717) is 39.2 Å². The molecule has 0 aliphatic heterocycles. The first-order valence-electron chi connectivity index (χ1n) is 10.5. The summed E-state index contributed by atoms with van der Waals surface area (Å²) in [6.45, 7) is 9.02. The summed E-state index contributed by atoms with van der Waals surface area (Å²) in [5.41, 5.74) is 0.787. The van der Waals surface area contributed by atoms with Gasteiger partial charge in [0, 0.05) is 6.04 Å². The fourth-order valence-electron chi connectivity index (χ4n) is 5.18. The molecule has 8 heteroatoms. The molecular formula is C22H29BrN4O3. The van der Waals surface area contributed by atoms with E-state index in [-0.39, 0.29) is 24.6 Å². The smallest absolute Gasteiger partial charge is 0.283 e. The molecule has 162 valence electrons. The highest BCUT2D eigenvalue weighted by atomic mass is 79.9. The summed E-state index contributed by atoms with van der Waals surface area (Å²) in [6, 6.07) is 3.98. The van der Waals surface area contributed by atoms with Crippen molar-refractivity contribution >= 4 is 27.5 Å². The van der Waals surface area contributed by atoms with Crippen LogP contribution < -0.4 is 16.2 Å². The maximum Gasteiger partial charge on any atom is 0.283 e. The number of nitrogens with zero attached hydrogens (tertiary/aromatic N) is 2. The van der Waals surface area contributed by atoms with Crippen molar-refractivity contribution in [2.45, 2.75) is 59.7 Å². The van der Waals surface area contributed by atoms with Gasteiger partial charge in [0.2, 0.25) is 5.91 Å². The van der Waals surface area contributed by atoms with Gasteiger partial charge in [0.05, 0.1) is 18.4 Å². The molecule has 0 spiro atoms. The normalized spacial score (nSPS) is 26.7. The van der Waals surface area contributed by atoms with Crippen LogP contribution in [-0.4, -0.2) is 21.7 Å². The van der Waals surface area contributed by atoms with E-state index < -0.39 is 0 Å². The molecule has 5 rings (SSSR count). The van der Waals surface area contributed by atoms with E-state index in [9.17, 15) is 9.59 Å². The number of halogens is 1. The predicted molar refractivity (Wildman–Crippen MR) is 118 cm³/mol. The number of carbonyl (C=O) groups is 1.